The van der Waals surface area contributed by atoms with Crippen molar-refractivity contribution in [1.82, 2.24) is 0 Å². The summed E-state index contributed by atoms with van der Waals surface area (Å²) in [5, 5.41) is 0.476. The molecule has 0 saturated heterocycles. The molecule has 0 aliphatic heterocycles. The van der Waals surface area contributed by atoms with E-state index in [9.17, 15) is 4.79 Å². The van der Waals surface area contributed by atoms with E-state index in [0.29, 0.717) is 27.8 Å². The van der Waals surface area contributed by atoms with Gasteiger partial charge in [0, 0.05) is 28.8 Å². The van der Waals surface area contributed by atoms with E-state index in [2.05, 4.69) is 16.6 Å². The maximum Gasteiger partial charge on any atom is 0.180 e. The maximum absolute atomic E-state index is 12.3. The van der Waals surface area contributed by atoms with E-state index in [1.54, 1.807) is 20.1 Å². The number of allylic oxidation sites excluding steroid dienone is 4. The van der Waals surface area contributed by atoms with Gasteiger partial charge in [0.25, 0.3) is 0 Å². The second kappa shape index (κ2) is 10.6. The molecule has 5 nitrogen and oxygen atoms in total. The SMILES string of the molecule is C=C(N)\N=C(C)/C(=C\C)/C=C(\C(C)=O)c1ccc(C(C)N=C(C)OC)cc1Cl. The van der Waals surface area contributed by atoms with Gasteiger partial charge in [0.2, 0.25) is 0 Å². The van der Waals surface area contributed by atoms with E-state index < -0.39 is 0 Å². The van der Waals surface area contributed by atoms with Gasteiger partial charge in [-0.05, 0) is 51.0 Å². The number of hydrogen-bond donors (Lipinski definition) is 1. The van der Waals surface area contributed by atoms with Gasteiger partial charge in [-0.1, -0.05) is 36.4 Å². The summed E-state index contributed by atoms with van der Waals surface area (Å²) in [7, 11) is 1.58. The Hall–Kier alpha value is -2.66. The van der Waals surface area contributed by atoms with Crippen molar-refractivity contribution in [3.05, 3.63) is 64.5 Å². The van der Waals surface area contributed by atoms with Crippen molar-refractivity contribution in [2.45, 2.75) is 40.7 Å². The van der Waals surface area contributed by atoms with Crippen LogP contribution < -0.4 is 5.73 Å². The van der Waals surface area contributed by atoms with Crippen molar-refractivity contribution in [1.29, 1.82) is 0 Å². The van der Waals surface area contributed by atoms with Crippen molar-refractivity contribution in [3.63, 3.8) is 0 Å². The van der Waals surface area contributed by atoms with Gasteiger partial charge in [-0.3, -0.25) is 4.79 Å². The van der Waals surface area contributed by atoms with Crippen LogP contribution in [0.2, 0.25) is 5.02 Å². The summed E-state index contributed by atoms with van der Waals surface area (Å²) < 4.78 is 5.10. The molecule has 0 radical (unpaired) electrons. The molecule has 28 heavy (non-hydrogen) atoms. The minimum Gasteiger partial charge on any atom is -0.484 e. The lowest BCUT2D eigenvalue weighted by atomic mass is 9.96. The third-order valence-electron chi connectivity index (χ3n) is 4.16. The molecule has 0 aliphatic rings. The predicted molar refractivity (Wildman–Crippen MR) is 119 cm³/mol. The standard InChI is InChI=1S/C22H28ClN3O2/c1-8-18(13(2)25-16(5)24)11-21(15(4)27)20-10-9-19(12-22(20)23)14(3)26-17(6)28-7/h8-12,14H,5,24H2,1-4,6-7H3/b18-8-,21-11+,25-13-,26-17?. The molecule has 0 spiro atoms. The molecule has 0 saturated carbocycles. The number of carbonyl (C=O) groups excluding carboxylic acids is 1. The molecule has 0 aromatic heterocycles. The van der Waals surface area contributed by atoms with Crippen LogP contribution in [0.15, 0.2) is 58.3 Å². The fourth-order valence-electron chi connectivity index (χ4n) is 2.61. The molecule has 1 aromatic carbocycles. The van der Waals surface area contributed by atoms with Crippen LogP contribution in [0.3, 0.4) is 0 Å². The van der Waals surface area contributed by atoms with Gasteiger partial charge in [0.1, 0.15) is 5.82 Å². The smallest absolute Gasteiger partial charge is 0.180 e. The summed E-state index contributed by atoms with van der Waals surface area (Å²) in [6, 6.07) is 5.45. The molecule has 1 aromatic rings. The van der Waals surface area contributed by atoms with Gasteiger partial charge < -0.3 is 10.5 Å². The Morgan fingerprint density at radius 3 is 2.43 bits per heavy atom. The van der Waals surface area contributed by atoms with E-state index in [1.165, 1.54) is 6.92 Å². The molecule has 0 heterocycles. The van der Waals surface area contributed by atoms with E-state index in [4.69, 9.17) is 22.1 Å². The molecule has 0 amide bonds. The minimum atomic E-state index is -0.118. The van der Waals surface area contributed by atoms with Crippen LogP contribution in [-0.4, -0.2) is 24.5 Å². The zero-order valence-electron chi connectivity index (χ0n) is 17.3. The molecule has 0 bridgehead atoms. The normalized spacial score (nSPS) is 14.7. The zero-order valence-corrected chi connectivity index (χ0v) is 18.1. The average molecular weight is 402 g/mol. The monoisotopic (exact) mass is 401 g/mol. The Kier molecular flexibility index (Phi) is 8.86. The summed E-state index contributed by atoms with van der Waals surface area (Å²) in [4.78, 5) is 20.9. The Labute approximate surface area is 172 Å². The molecule has 6 heteroatoms. The number of Topliss-reactive ketones (excluding diaryl/α,β-unsaturated/α-hetero) is 1. The molecule has 1 unspecified atom stereocenters. The van der Waals surface area contributed by atoms with Crippen molar-refractivity contribution in [2.24, 2.45) is 15.7 Å². The summed E-state index contributed by atoms with van der Waals surface area (Å²) in [6.07, 6.45) is 3.62. The molecule has 150 valence electrons. The Bertz CT molecular complexity index is 880. The molecule has 0 aliphatic carbocycles. The summed E-state index contributed by atoms with van der Waals surface area (Å²) >= 11 is 6.52. The number of nitrogens with zero attached hydrogens (tertiary/aromatic N) is 2. The quantitative estimate of drug-likeness (QED) is 0.292. The Balaban J connectivity index is 3.40. The highest BCUT2D eigenvalue weighted by atomic mass is 35.5. The van der Waals surface area contributed by atoms with Crippen molar-refractivity contribution >= 4 is 34.6 Å². The number of ketones is 1. The number of aliphatic imine (C=N–C) groups is 2. The largest absolute Gasteiger partial charge is 0.484 e. The summed E-state index contributed by atoms with van der Waals surface area (Å²) in [5.41, 5.74) is 9.07. The highest BCUT2D eigenvalue weighted by molar-refractivity contribution is 6.35. The van der Waals surface area contributed by atoms with Crippen LogP contribution in [0.25, 0.3) is 5.57 Å². The van der Waals surface area contributed by atoms with Gasteiger partial charge in [-0.15, -0.1) is 0 Å². The van der Waals surface area contributed by atoms with E-state index in [1.807, 2.05) is 45.0 Å². The summed E-state index contributed by atoms with van der Waals surface area (Å²) in [5.74, 6) is 0.693. The average Bonchev–Trinajstić information content (AvgIpc) is 2.61. The topological polar surface area (TPSA) is 77.0 Å². The number of carbonyl (C=O) groups is 1. The molecule has 1 atom stereocenters. The van der Waals surface area contributed by atoms with Crippen molar-refractivity contribution in [3.8, 4) is 0 Å². The first-order valence-electron chi connectivity index (χ1n) is 8.87. The highest BCUT2D eigenvalue weighted by Gasteiger charge is 2.15. The van der Waals surface area contributed by atoms with Gasteiger partial charge in [-0.25, -0.2) is 9.98 Å². The van der Waals surface area contributed by atoms with E-state index in [0.717, 1.165) is 11.1 Å². The predicted octanol–water partition coefficient (Wildman–Crippen LogP) is 5.28. The van der Waals surface area contributed by atoms with Crippen molar-refractivity contribution < 1.29 is 9.53 Å². The third-order valence-corrected chi connectivity index (χ3v) is 4.47. The van der Waals surface area contributed by atoms with Crippen LogP contribution in [0.5, 0.6) is 0 Å². The van der Waals surface area contributed by atoms with E-state index in [-0.39, 0.29) is 17.6 Å². The van der Waals surface area contributed by atoms with Gasteiger partial charge in [-0.2, -0.15) is 0 Å². The first-order valence-corrected chi connectivity index (χ1v) is 9.25. The molecule has 1 rings (SSSR count). The van der Waals surface area contributed by atoms with Crippen LogP contribution in [0.4, 0.5) is 0 Å². The minimum absolute atomic E-state index is 0.102. The lowest BCUT2D eigenvalue weighted by Crippen LogP contribution is -2.04. The number of nitrogens with two attached hydrogens (primary N) is 1. The van der Waals surface area contributed by atoms with Crippen LogP contribution >= 0.6 is 11.6 Å². The van der Waals surface area contributed by atoms with Crippen LogP contribution in [-0.2, 0) is 9.53 Å². The number of benzene rings is 1. The van der Waals surface area contributed by atoms with Crippen molar-refractivity contribution in [2.75, 3.05) is 7.11 Å². The zero-order chi connectivity index (χ0) is 21.4. The number of hydrogen-bond acceptors (Lipinski definition) is 5. The van der Waals surface area contributed by atoms with Gasteiger partial charge in [0.05, 0.1) is 13.2 Å². The van der Waals surface area contributed by atoms with Crippen LogP contribution in [0, 0.1) is 0 Å². The number of ether oxygens (including phenoxy) is 1. The first-order chi connectivity index (χ1) is 13.1. The number of rotatable bonds is 7. The lowest BCUT2D eigenvalue weighted by Gasteiger charge is -2.13. The fraction of sp³-hybridized carbons (Fsp3) is 0.318. The second-order valence-corrected chi connectivity index (χ2v) is 6.72. The van der Waals surface area contributed by atoms with Crippen LogP contribution in [0.1, 0.15) is 51.8 Å². The third kappa shape index (κ3) is 6.50. The number of methoxy groups -OCH3 is 1. The maximum atomic E-state index is 12.3. The van der Waals surface area contributed by atoms with E-state index >= 15 is 0 Å². The molecule has 0 fully saturated rings. The molecule has 2 N–H and O–H groups in total. The fourth-order valence-corrected chi connectivity index (χ4v) is 2.90. The van der Waals surface area contributed by atoms with Gasteiger partial charge >= 0.3 is 0 Å². The molecular formula is C22H28ClN3O2. The molecular weight excluding hydrogens is 374 g/mol. The van der Waals surface area contributed by atoms with Gasteiger partial charge in [0.15, 0.2) is 11.7 Å². The Morgan fingerprint density at radius 1 is 1.32 bits per heavy atom. The Morgan fingerprint density at radius 2 is 1.96 bits per heavy atom. The first kappa shape index (κ1) is 23.4. The number of halogens is 1. The lowest BCUT2D eigenvalue weighted by molar-refractivity contribution is -0.111. The summed E-state index contributed by atoms with van der Waals surface area (Å²) in [6.45, 7) is 12.5. The highest BCUT2D eigenvalue weighted by Crippen LogP contribution is 2.30. The second-order valence-electron chi connectivity index (χ2n) is 6.31.